The first-order valence-electron chi connectivity index (χ1n) is 9.11. The van der Waals surface area contributed by atoms with Gasteiger partial charge in [-0.15, -0.1) is 6.42 Å². The van der Waals surface area contributed by atoms with Crippen LogP contribution in [0.1, 0.15) is 23.8 Å². The largest absolute Gasteiger partial charge is 0.366 e. The molecule has 1 saturated heterocycles. The number of terminal acetylenes is 1. The molecule has 4 heterocycles. The lowest BCUT2D eigenvalue weighted by Gasteiger charge is -2.35. The molecule has 2 N–H and O–H groups in total. The first-order valence-corrected chi connectivity index (χ1v) is 9.11. The van der Waals surface area contributed by atoms with Crippen LogP contribution in [0.25, 0.3) is 0 Å². The maximum absolute atomic E-state index is 13.0. The molecule has 3 amide bonds. The van der Waals surface area contributed by atoms with E-state index in [0.717, 1.165) is 25.2 Å². The van der Waals surface area contributed by atoms with Gasteiger partial charge in [-0.3, -0.25) is 15.0 Å². The minimum Gasteiger partial charge on any atom is -0.366 e. The number of nitrogens with zero attached hydrogens (tertiary/aromatic N) is 4. The van der Waals surface area contributed by atoms with Gasteiger partial charge in [0.25, 0.3) is 5.91 Å². The molecule has 2 bridgehead atoms. The molecule has 1 unspecified atom stereocenters. The third kappa shape index (κ3) is 3.22. The minimum atomic E-state index is -0.409. The van der Waals surface area contributed by atoms with Gasteiger partial charge in [-0.25, -0.2) is 14.8 Å². The van der Waals surface area contributed by atoms with E-state index in [9.17, 15) is 9.59 Å². The predicted octanol–water partition coefficient (Wildman–Crippen LogP) is 1.86. The maximum atomic E-state index is 13.0. The summed E-state index contributed by atoms with van der Waals surface area (Å²) in [5.74, 6) is 3.03. The van der Waals surface area contributed by atoms with E-state index in [2.05, 4.69) is 31.4 Å². The van der Waals surface area contributed by atoms with Gasteiger partial charge in [-0.05, 0) is 37.6 Å². The SMILES string of the molecule is C#C[C@H](C)NC(=O)c1ccc2c(n1)N(C(=O)Nc1ccccn1)C1CCN2C1. The lowest BCUT2D eigenvalue weighted by molar-refractivity contribution is 0.0943. The van der Waals surface area contributed by atoms with Crippen LogP contribution in [-0.4, -0.2) is 47.1 Å². The lowest BCUT2D eigenvalue weighted by atomic mass is 10.1. The average molecular weight is 376 g/mol. The van der Waals surface area contributed by atoms with Gasteiger partial charge in [-0.1, -0.05) is 12.0 Å². The van der Waals surface area contributed by atoms with E-state index < -0.39 is 6.04 Å². The number of amides is 3. The summed E-state index contributed by atoms with van der Waals surface area (Å²) in [5.41, 5.74) is 1.06. The van der Waals surface area contributed by atoms with Crippen molar-refractivity contribution in [3.8, 4) is 12.3 Å². The molecule has 0 aliphatic carbocycles. The zero-order chi connectivity index (χ0) is 19.7. The molecule has 28 heavy (non-hydrogen) atoms. The molecule has 4 rings (SSSR count). The lowest BCUT2D eigenvalue weighted by Crippen LogP contribution is -2.48. The number of carbonyl (C=O) groups is 2. The highest BCUT2D eigenvalue weighted by molar-refractivity contribution is 6.05. The Morgan fingerprint density at radius 1 is 1.32 bits per heavy atom. The van der Waals surface area contributed by atoms with Gasteiger partial charge >= 0.3 is 6.03 Å². The quantitative estimate of drug-likeness (QED) is 0.798. The van der Waals surface area contributed by atoms with Crippen LogP contribution in [0.4, 0.5) is 22.1 Å². The van der Waals surface area contributed by atoms with Gasteiger partial charge in [0.05, 0.1) is 17.8 Å². The van der Waals surface area contributed by atoms with Crippen LogP contribution in [0, 0.1) is 12.3 Å². The van der Waals surface area contributed by atoms with E-state index in [1.165, 1.54) is 0 Å². The van der Waals surface area contributed by atoms with Crippen molar-refractivity contribution >= 4 is 29.3 Å². The number of pyridine rings is 2. The van der Waals surface area contributed by atoms with Crippen molar-refractivity contribution in [1.29, 1.82) is 0 Å². The monoisotopic (exact) mass is 376 g/mol. The van der Waals surface area contributed by atoms with E-state index in [1.807, 2.05) is 6.07 Å². The van der Waals surface area contributed by atoms with E-state index in [1.54, 1.807) is 42.3 Å². The van der Waals surface area contributed by atoms with Crippen LogP contribution < -0.4 is 20.4 Å². The summed E-state index contributed by atoms with van der Waals surface area (Å²) in [6, 6.07) is 8.07. The first-order chi connectivity index (χ1) is 13.6. The van der Waals surface area contributed by atoms with Gasteiger partial charge in [0.1, 0.15) is 11.5 Å². The maximum Gasteiger partial charge on any atom is 0.329 e. The number of rotatable bonds is 3. The Bertz CT molecular complexity index is 955. The van der Waals surface area contributed by atoms with Gasteiger partial charge in [0, 0.05) is 19.3 Å². The van der Waals surface area contributed by atoms with Gasteiger partial charge in [0.2, 0.25) is 0 Å². The second-order valence-corrected chi connectivity index (χ2v) is 6.80. The van der Waals surface area contributed by atoms with Crippen LogP contribution in [0.15, 0.2) is 36.5 Å². The fraction of sp³-hybridized carbons (Fsp3) is 0.300. The Hall–Kier alpha value is -3.60. The Balaban J connectivity index is 1.66. The fourth-order valence-electron chi connectivity index (χ4n) is 3.52. The van der Waals surface area contributed by atoms with Crippen LogP contribution in [0.3, 0.4) is 0 Å². The van der Waals surface area contributed by atoms with Crippen molar-refractivity contribution < 1.29 is 9.59 Å². The van der Waals surface area contributed by atoms with Gasteiger partial charge in [0.15, 0.2) is 5.82 Å². The van der Waals surface area contributed by atoms with Crippen molar-refractivity contribution in [2.45, 2.75) is 25.4 Å². The molecular weight excluding hydrogens is 356 g/mol. The topological polar surface area (TPSA) is 90.5 Å². The molecule has 8 nitrogen and oxygen atoms in total. The number of urea groups is 1. The standard InChI is InChI=1S/C20H20N6O2/c1-3-13(2)22-19(27)15-7-8-16-18(23-15)26(14-9-11-25(16)12-14)20(28)24-17-6-4-5-10-21-17/h1,4-8,10,13-14H,9,11-12H2,2H3,(H,22,27)(H,21,24,28)/t13-,14?/m0/s1. The number of hydrogen-bond donors (Lipinski definition) is 2. The molecule has 2 aliphatic heterocycles. The molecule has 0 saturated carbocycles. The van der Waals surface area contributed by atoms with Crippen LogP contribution in [0.2, 0.25) is 0 Å². The number of carbonyl (C=O) groups excluding carboxylic acids is 2. The molecule has 0 radical (unpaired) electrons. The number of nitrogens with one attached hydrogen (secondary N) is 2. The van der Waals surface area contributed by atoms with E-state index >= 15 is 0 Å². The van der Waals surface area contributed by atoms with Crippen molar-refractivity contribution in [1.82, 2.24) is 15.3 Å². The van der Waals surface area contributed by atoms with Crippen molar-refractivity contribution in [3.05, 3.63) is 42.2 Å². The number of aromatic nitrogens is 2. The molecule has 0 spiro atoms. The Kier molecular flexibility index (Phi) is 4.57. The predicted molar refractivity (Wildman–Crippen MR) is 106 cm³/mol. The van der Waals surface area contributed by atoms with Crippen LogP contribution >= 0.6 is 0 Å². The minimum absolute atomic E-state index is 0.00773. The molecule has 2 aromatic heterocycles. The zero-order valence-electron chi connectivity index (χ0n) is 15.4. The van der Waals surface area contributed by atoms with Crippen molar-refractivity contribution in [3.63, 3.8) is 0 Å². The molecular formula is C20H20N6O2. The fourth-order valence-corrected chi connectivity index (χ4v) is 3.52. The molecule has 1 fully saturated rings. The number of fused-ring (bicyclic) bond motifs is 4. The normalized spacial score (nSPS) is 18.1. The third-order valence-corrected chi connectivity index (χ3v) is 4.90. The van der Waals surface area contributed by atoms with Crippen LogP contribution in [0.5, 0.6) is 0 Å². The number of anilines is 3. The highest BCUT2D eigenvalue weighted by Gasteiger charge is 2.40. The number of hydrogen-bond acceptors (Lipinski definition) is 5. The molecule has 0 aromatic carbocycles. The smallest absolute Gasteiger partial charge is 0.329 e. The third-order valence-electron chi connectivity index (χ3n) is 4.90. The van der Waals surface area contributed by atoms with E-state index in [4.69, 9.17) is 6.42 Å². The Morgan fingerprint density at radius 2 is 2.18 bits per heavy atom. The van der Waals surface area contributed by atoms with Crippen molar-refractivity contribution in [2.75, 3.05) is 28.2 Å². The van der Waals surface area contributed by atoms with Gasteiger partial charge < -0.3 is 10.2 Å². The molecule has 2 aromatic rings. The summed E-state index contributed by atoms with van der Waals surface area (Å²) in [7, 11) is 0. The highest BCUT2D eigenvalue weighted by Crippen LogP contribution is 2.39. The van der Waals surface area contributed by atoms with Gasteiger partial charge in [-0.2, -0.15) is 0 Å². The summed E-state index contributed by atoms with van der Waals surface area (Å²) in [6.45, 7) is 3.30. The molecule has 2 atom stereocenters. The van der Waals surface area contributed by atoms with E-state index in [0.29, 0.717) is 11.6 Å². The molecule has 142 valence electrons. The molecule has 2 aliphatic rings. The summed E-state index contributed by atoms with van der Waals surface area (Å²) >= 11 is 0. The summed E-state index contributed by atoms with van der Waals surface area (Å²) in [4.78, 5) is 37.9. The van der Waals surface area contributed by atoms with Crippen LogP contribution in [-0.2, 0) is 0 Å². The Morgan fingerprint density at radius 3 is 2.93 bits per heavy atom. The first kappa shape index (κ1) is 17.8. The zero-order valence-corrected chi connectivity index (χ0v) is 15.4. The Labute approximate surface area is 163 Å². The summed E-state index contributed by atoms with van der Waals surface area (Å²) in [6.07, 6.45) is 7.78. The second-order valence-electron chi connectivity index (χ2n) is 6.80. The van der Waals surface area contributed by atoms with E-state index in [-0.39, 0.29) is 23.7 Å². The van der Waals surface area contributed by atoms with Crippen molar-refractivity contribution in [2.24, 2.45) is 0 Å². The second kappa shape index (κ2) is 7.19. The molecule has 8 heteroatoms. The highest BCUT2D eigenvalue weighted by atomic mass is 16.2. The summed E-state index contributed by atoms with van der Waals surface area (Å²) < 4.78 is 0. The average Bonchev–Trinajstić information content (AvgIpc) is 3.12. The summed E-state index contributed by atoms with van der Waals surface area (Å²) in [5, 5.41) is 5.51.